The van der Waals surface area contributed by atoms with Gasteiger partial charge in [-0.2, -0.15) is 0 Å². The Balaban J connectivity index is 2.71. The van der Waals surface area contributed by atoms with Gasteiger partial charge < -0.3 is 5.11 Å². The second-order valence-corrected chi connectivity index (χ2v) is 5.70. The number of nitrogens with zero attached hydrogens (tertiary/aromatic N) is 2. The molecule has 1 rings (SSSR count). The third kappa shape index (κ3) is 4.05. The zero-order valence-corrected chi connectivity index (χ0v) is 12.2. The van der Waals surface area contributed by atoms with E-state index in [4.69, 9.17) is 5.11 Å². The summed E-state index contributed by atoms with van der Waals surface area (Å²) in [6.45, 7) is 10.4. The number of thiazole rings is 1. The summed E-state index contributed by atoms with van der Waals surface area (Å²) in [6.07, 6.45) is 2.25. The van der Waals surface area contributed by atoms with Crippen LogP contribution in [-0.4, -0.2) is 34.2 Å². The normalized spacial score (nSPS) is 11.7. The number of rotatable bonds is 7. The lowest BCUT2D eigenvalue weighted by Crippen LogP contribution is -2.36. The molecule has 1 N–H and O–H groups in total. The van der Waals surface area contributed by atoms with Crippen molar-refractivity contribution >= 4 is 11.3 Å². The molecular weight excluding hydrogens is 232 g/mol. The first-order chi connectivity index (χ1) is 8.12. The fourth-order valence-corrected chi connectivity index (χ4v) is 3.06. The maximum absolute atomic E-state index is 9.16. The highest BCUT2D eigenvalue weighted by molar-refractivity contribution is 7.11. The molecule has 0 saturated heterocycles. The highest BCUT2D eigenvalue weighted by atomic mass is 32.1. The van der Waals surface area contributed by atoms with E-state index in [1.54, 1.807) is 11.3 Å². The Hall–Kier alpha value is -0.450. The Morgan fingerprint density at radius 2 is 1.94 bits per heavy atom. The SMILES string of the molecule is CCC(CC)N(CCO)Cc1nc(C)c(C)s1. The second-order valence-electron chi connectivity index (χ2n) is 4.41. The molecule has 0 saturated carbocycles. The number of aliphatic hydroxyl groups is 1. The molecule has 1 aromatic rings. The van der Waals surface area contributed by atoms with Gasteiger partial charge in [-0.15, -0.1) is 11.3 Å². The summed E-state index contributed by atoms with van der Waals surface area (Å²) in [5.74, 6) is 0. The van der Waals surface area contributed by atoms with Crippen LogP contribution in [0.5, 0.6) is 0 Å². The van der Waals surface area contributed by atoms with Gasteiger partial charge >= 0.3 is 0 Å². The van der Waals surface area contributed by atoms with Crippen LogP contribution in [0.25, 0.3) is 0 Å². The average molecular weight is 256 g/mol. The number of aryl methyl sites for hydroxylation is 2. The fraction of sp³-hybridized carbons (Fsp3) is 0.769. The Labute approximate surface area is 108 Å². The van der Waals surface area contributed by atoms with Crippen LogP contribution in [0.3, 0.4) is 0 Å². The van der Waals surface area contributed by atoms with Gasteiger partial charge in [0.05, 0.1) is 18.8 Å². The van der Waals surface area contributed by atoms with Crippen molar-refractivity contribution in [3.05, 3.63) is 15.6 Å². The van der Waals surface area contributed by atoms with E-state index in [1.807, 2.05) is 0 Å². The van der Waals surface area contributed by atoms with Gasteiger partial charge in [0.1, 0.15) is 5.01 Å². The van der Waals surface area contributed by atoms with Gasteiger partial charge in [0, 0.05) is 17.5 Å². The third-order valence-corrected chi connectivity index (χ3v) is 4.31. The van der Waals surface area contributed by atoms with E-state index in [2.05, 4.69) is 37.6 Å². The molecule has 0 aliphatic heterocycles. The maximum atomic E-state index is 9.16. The van der Waals surface area contributed by atoms with Crippen LogP contribution in [0, 0.1) is 13.8 Å². The first kappa shape index (κ1) is 14.6. The Bertz CT molecular complexity index is 315. The zero-order chi connectivity index (χ0) is 12.8. The van der Waals surface area contributed by atoms with Gasteiger partial charge in [-0.1, -0.05) is 13.8 Å². The molecule has 0 spiro atoms. The lowest BCUT2D eigenvalue weighted by Gasteiger charge is -2.28. The Kier molecular flexibility index (Phi) is 6.09. The van der Waals surface area contributed by atoms with E-state index in [0.717, 1.165) is 31.6 Å². The predicted molar refractivity (Wildman–Crippen MR) is 73.5 cm³/mol. The monoisotopic (exact) mass is 256 g/mol. The summed E-state index contributed by atoms with van der Waals surface area (Å²) in [5.41, 5.74) is 1.14. The van der Waals surface area contributed by atoms with Crippen molar-refractivity contribution in [2.75, 3.05) is 13.2 Å². The van der Waals surface area contributed by atoms with Crippen LogP contribution in [0.4, 0.5) is 0 Å². The van der Waals surface area contributed by atoms with Gasteiger partial charge in [-0.3, -0.25) is 4.90 Å². The summed E-state index contributed by atoms with van der Waals surface area (Å²) in [6, 6.07) is 0.548. The van der Waals surface area contributed by atoms with Crippen molar-refractivity contribution in [1.82, 2.24) is 9.88 Å². The van der Waals surface area contributed by atoms with E-state index in [1.165, 1.54) is 9.88 Å². The molecule has 98 valence electrons. The van der Waals surface area contributed by atoms with Gasteiger partial charge in [0.2, 0.25) is 0 Å². The molecule has 0 aliphatic carbocycles. The lowest BCUT2D eigenvalue weighted by atomic mass is 10.1. The van der Waals surface area contributed by atoms with E-state index in [9.17, 15) is 0 Å². The summed E-state index contributed by atoms with van der Waals surface area (Å²) >= 11 is 1.77. The largest absolute Gasteiger partial charge is 0.395 e. The topological polar surface area (TPSA) is 36.4 Å². The highest BCUT2D eigenvalue weighted by Crippen LogP contribution is 2.20. The van der Waals surface area contributed by atoms with Gasteiger partial charge in [0.15, 0.2) is 0 Å². The maximum Gasteiger partial charge on any atom is 0.107 e. The molecule has 0 unspecified atom stereocenters. The lowest BCUT2D eigenvalue weighted by molar-refractivity contribution is 0.136. The van der Waals surface area contributed by atoms with E-state index in [0.29, 0.717) is 6.04 Å². The molecule has 0 fully saturated rings. The molecule has 1 heterocycles. The van der Waals surface area contributed by atoms with Crippen molar-refractivity contribution in [1.29, 1.82) is 0 Å². The van der Waals surface area contributed by atoms with Gasteiger partial charge in [-0.25, -0.2) is 4.98 Å². The average Bonchev–Trinajstić information content (AvgIpc) is 2.60. The number of aromatic nitrogens is 1. The highest BCUT2D eigenvalue weighted by Gasteiger charge is 2.16. The van der Waals surface area contributed by atoms with Crippen LogP contribution < -0.4 is 0 Å². The molecule has 0 aromatic carbocycles. The molecule has 17 heavy (non-hydrogen) atoms. The second kappa shape index (κ2) is 7.09. The number of aliphatic hydroxyl groups excluding tert-OH is 1. The standard InChI is InChI=1S/C13H24N2OS/c1-5-12(6-2)15(7-8-16)9-13-14-10(3)11(4)17-13/h12,16H,5-9H2,1-4H3. The summed E-state index contributed by atoms with van der Waals surface area (Å²) < 4.78 is 0. The summed E-state index contributed by atoms with van der Waals surface area (Å²) in [5, 5.41) is 10.3. The molecule has 4 heteroatoms. The first-order valence-corrected chi connectivity index (χ1v) is 7.21. The van der Waals surface area contributed by atoms with Crippen molar-refractivity contribution < 1.29 is 5.11 Å². The minimum atomic E-state index is 0.222. The molecular formula is C13H24N2OS. The van der Waals surface area contributed by atoms with Gasteiger partial charge in [-0.05, 0) is 26.7 Å². The fourth-order valence-electron chi connectivity index (χ4n) is 2.10. The van der Waals surface area contributed by atoms with E-state index < -0.39 is 0 Å². The Morgan fingerprint density at radius 1 is 1.29 bits per heavy atom. The predicted octanol–water partition coefficient (Wildman–Crippen LogP) is 2.74. The number of hydrogen-bond acceptors (Lipinski definition) is 4. The first-order valence-electron chi connectivity index (χ1n) is 6.40. The van der Waals surface area contributed by atoms with Crippen molar-refractivity contribution in [2.24, 2.45) is 0 Å². The zero-order valence-electron chi connectivity index (χ0n) is 11.4. The van der Waals surface area contributed by atoms with Crippen LogP contribution in [0.15, 0.2) is 0 Å². The van der Waals surface area contributed by atoms with E-state index in [-0.39, 0.29) is 6.61 Å². The summed E-state index contributed by atoms with van der Waals surface area (Å²) in [7, 11) is 0. The van der Waals surface area contributed by atoms with Crippen LogP contribution in [0.1, 0.15) is 42.3 Å². The molecule has 0 radical (unpaired) electrons. The van der Waals surface area contributed by atoms with Crippen LogP contribution in [0.2, 0.25) is 0 Å². The van der Waals surface area contributed by atoms with Crippen LogP contribution in [-0.2, 0) is 6.54 Å². The molecule has 0 aliphatic rings. The molecule has 0 bridgehead atoms. The van der Waals surface area contributed by atoms with Crippen molar-refractivity contribution in [2.45, 2.75) is 53.1 Å². The smallest absolute Gasteiger partial charge is 0.107 e. The Morgan fingerprint density at radius 3 is 2.35 bits per heavy atom. The number of hydrogen-bond donors (Lipinski definition) is 1. The van der Waals surface area contributed by atoms with Crippen LogP contribution >= 0.6 is 11.3 Å². The summed E-state index contributed by atoms with van der Waals surface area (Å²) in [4.78, 5) is 8.22. The molecule has 0 atom stereocenters. The molecule has 0 amide bonds. The van der Waals surface area contributed by atoms with E-state index >= 15 is 0 Å². The van der Waals surface area contributed by atoms with Crippen molar-refractivity contribution in [3.63, 3.8) is 0 Å². The minimum Gasteiger partial charge on any atom is -0.395 e. The van der Waals surface area contributed by atoms with Gasteiger partial charge in [0.25, 0.3) is 0 Å². The quantitative estimate of drug-likeness (QED) is 0.815. The third-order valence-electron chi connectivity index (χ3n) is 3.26. The molecule has 3 nitrogen and oxygen atoms in total. The minimum absolute atomic E-state index is 0.222. The molecule has 1 aromatic heterocycles. The van der Waals surface area contributed by atoms with Crippen molar-refractivity contribution in [3.8, 4) is 0 Å².